The van der Waals surface area contributed by atoms with Gasteiger partial charge in [0, 0.05) is 26.0 Å². The van der Waals surface area contributed by atoms with Gasteiger partial charge in [0.2, 0.25) is 5.95 Å². The summed E-state index contributed by atoms with van der Waals surface area (Å²) in [5.41, 5.74) is -0.109. The number of nitrogens with one attached hydrogen (secondary N) is 1. The summed E-state index contributed by atoms with van der Waals surface area (Å²) in [6.45, 7) is 4.96. The maximum Gasteiger partial charge on any atom is 0.254 e. The highest BCUT2D eigenvalue weighted by Crippen LogP contribution is 2.24. The molecule has 0 aromatic carbocycles. The molecule has 1 amide bonds. The Morgan fingerprint density at radius 1 is 1.31 bits per heavy atom. The van der Waals surface area contributed by atoms with Crippen LogP contribution in [-0.2, 0) is 14.3 Å². The molecule has 0 radical (unpaired) electrons. The third-order valence-corrected chi connectivity index (χ3v) is 4.29. The summed E-state index contributed by atoms with van der Waals surface area (Å²) in [6.07, 6.45) is 3.02. The van der Waals surface area contributed by atoms with E-state index in [4.69, 9.17) is 9.47 Å². The standard InChI is InChI=1S/C18H23N5O3/c1-18(2,25-3)16(24)23-10-11-26-14(12-23)13-6-4-7-15(21-13)22-17-19-8-5-9-20-17/h4-9,14H,10-12H2,1-3H3,(H,19,20,21,22). The summed E-state index contributed by atoms with van der Waals surface area (Å²) in [4.78, 5) is 27.2. The first-order valence-corrected chi connectivity index (χ1v) is 8.47. The van der Waals surface area contributed by atoms with Crippen LogP contribution in [0.2, 0.25) is 0 Å². The molecule has 0 aliphatic carbocycles. The number of carbonyl (C=O) groups excluding carboxylic acids is 1. The van der Waals surface area contributed by atoms with E-state index in [1.807, 2.05) is 18.2 Å². The predicted molar refractivity (Wildman–Crippen MR) is 95.9 cm³/mol. The zero-order chi connectivity index (χ0) is 18.6. The molecule has 2 aromatic rings. The first-order chi connectivity index (χ1) is 12.5. The van der Waals surface area contributed by atoms with Crippen LogP contribution in [0.25, 0.3) is 0 Å². The molecule has 1 atom stereocenters. The lowest BCUT2D eigenvalue weighted by molar-refractivity contribution is -0.158. The van der Waals surface area contributed by atoms with Crippen LogP contribution in [0.4, 0.5) is 11.8 Å². The molecule has 3 heterocycles. The van der Waals surface area contributed by atoms with E-state index >= 15 is 0 Å². The van der Waals surface area contributed by atoms with E-state index in [-0.39, 0.29) is 12.0 Å². The van der Waals surface area contributed by atoms with Gasteiger partial charge in [-0.1, -0.05) is 6.07 Å². The normalized spacial score (nSPS) is 17.8. The van der Waals surface area contributed by atoms with Crippen molar-refractivity contribution < 1.29 is 14.3 Å². The van der Waals surface area contributed by atoms with Gasteiger partial charge in [0.25, 0.3) is 5.91 Å². The van der Waals surface area contributed by atoms with Crippen molar-refractivity contribution in [3.8, 4) is 0 Å². The first kappa shape index (κ1) is 18.2. The average Bonchev–Trinajstić information content (AvgIpc) is 2.68. The predicted octanol–water partition coefficient (Wildman–Crippen LogP) is 1.94. The molecule has 8 heteroatoms. The van der Waals surface area contributed by atoms with E-state index in [0.29, 0.717) is 31.5 Å². The van der Waals surface area contributed by atoms with E-state index in [1.165, 1.54) is 7.11 Å². The van der Waals surface area contributed by atoms with Crippen molar-refractivity contribution >= 4 is 17.7 Å². The van der Waals surface area contributed by atoms with Crippen LogP contribution in [-0.4, -0.2) is 58.2 Å². The molecule has 8 nitrogen and oxygen atoms in total. The molecule has 138 valence electrons. The van der Waals surface area contributed by atoms with Crippen molar-refractivity contribution in [1.29, 1.82) is 0 Å². The molecule has 1 N–H and O–H groups in total. The number of morpholine rings is 1. The lowest BCUT2D eigenvalue weighted by Crippen LogP contribution is -2.51. The van der Waals surface area contributed by atoms with Gasteiger partial charge >= 0.3 is 0 Å². The van der Waals surface area contributed by atoms with Crippen LogP contribution in [0.1, 0.15) is 25.6 Å². The molecule has 0 bridgehead atoms. The Kier molecular flexibility index (Phi) is 5.43. The van der Waals surface area contributed by atoms with Crippen LogP contribution in [0, 0.1) is 0 Å². The first-order valence-electron chi connectivity index (χ1n) is 8.47. The summed E-state index contributed by atoms with van der Waals surface area (Å²) in [5, 5.41) is 3.06. The summed E-state index contributed by atoms with van der Waals surface area (Å²) < 4.78 is 11.1. The number of carbonyl (C=O) groups is 1. The number of pyridine rings is 1. The number of hydrogen-bond donors (Lipinski definition) is 1. The topological polar surface area (TPSA) is 89.5 Å². The number of hydrogen-bond acceptors (Lipinski definition) is 7. The van der Waals surface area contributed by atoms with E-state index < -0.39 is 5.60 Å². The minimum atomic E-state index is -0.858. The highest BCUT2D eigenvalue weighted by molar-refractivity contribution is 5.84. The fourth-order valence-corrected chi connectivity index (χ4v) is 2.66. The molecule has 0 spiro atoms. The van der Waals surface area contributed by atoms with Crippen molar-refractivity contribution in [3.63, 3.8) is 0 Å². The minimum absolute atomic E-state index is 0.0553. The van der Waals surface area contributed by atoms with Gasteiger partial charge < -0.3 is 19.7 Å². The lowest BCUT2D eigenvalue weighted by Gasteiger charge is -2.36. The third kappa shape index (κ3) is 4.14. The van der Waals surface area contributed by atoms with Gasteiger partial charge in [-0.2, -0.15) is 0 Å². The smallest absolute Gasteiger partial charge is 0.254 e. The summed E-state index contributed by atoms with van der Waals surface area (Å²) in [6, 6.07) is 7.35. The number of rotatable bonds is 5. The van der Waals surface area contributed by atoms with Crippen molar-refractivity contribution in [3.05, 3.63) is 42.4 Å². The Labute approximate surface area is 152 Å². The van der Waals surface area contributed by atoms with Crippen LogP contribution in [0.15, 0.2) is 36.7 Å². The molecular weight excluding hydrogens is 334 g/mol. The number of methoxy groups -OCH3 is 1. The number of nitrogens with zero attached hydrogens (tertiary/aromatic N) is 4. The maximum absolute atomic E-state index is 12.6. The molecule has 1 fully saturated rings. The Morgan fingerprint density at radius 2 is 2.08 bits per heavy atom. The summed E-state index contributed by atoms with van der Waals surface area (Å²) >= 11 is 0. The summed E-state index contributed by atoms with van der Waals surface area (Å²) in [7, 11) is 1.54. The van der Waals surface area contributed by atoms with Crippen LogP contribution in [0.3, 0.4) is 0 Å². The molecule has 1 unspecified atom stereocenters. The van der Waals surface area contributed by atoms with Crippen LogP contribution >= 0.6 is 0 Å². The summed E-state index contributed by atoms with van der Waals surface area (Å²) in [5.74, 6) is 1.04. The number of ether oxygens (including phenoxy) is 2. The van der Waals surface area contributed by atoms with Crippen molar-refractivity contribution in [1.82, 2.24) is 19.9 Å². The number of amides is 1. The van der Waals surface area contributed by atoms with E-state index in [1.54, 1.807) is 37.2 Å². The van der Waals surface area contributed by atoms with Crippen LogP contribution in [0.5, 0.6) is 0 Å². The highest BCUT2D eigenvalue weighted by Gasteiger charge is 2.35. The van der Waals surface area contributed by atoms with Gasteiger partial charge in [-0.25, -0.2) is 15.0 Å². The highest BCUT2D eigenvalue weighted by atomic mass is 16.5. The maximum atomic E-state index is 12.6. The van der Waals surface area contributed by atoms with Gasteiger partial charge in [-0.15, -0.1) is 0 Å². The average molecular weight is 357 g/mol. The van der Waals surface area contributed by atoms with Gasteiger partial charge in [-0.3, -0.25) is 4.79 Å². The molecule has 2 aromatic heterocycles. The third-order valence-electron chi connectivity index (χ3n) is 4.29. The molecule has 1 aliphatic rings. The van der Waals surface area contributed by atoms with E-state index in [0.717, 1.165) is 5.69 Å². The van der Waals surface area contributed by atoms with Crippen molar-refractivity contribution in [2.75, 3.05) is 32.1 Å². The van der Waals surface area contributed by atoms with Gasteiger partial charge in [0.1, 0.15) is 17.5 Å². The molecule has 0 saturated carbocycles. The number of aromatic nitrogens is 3. The second-order valence-corrected chi connectivity index (χ2v) is 6.47. The molecule has 26 heavy (non-hydrogen) atoms. The second kappa shape index (κ2) is 7.76. The molecule has 1 saturated heterocycles. The zero-order valence-electron chi connectivity index (χ0n) is 15.2. The van der Waals surface area contributed by atoms with Gasteiger partial charge in [0.15, 0.2) is 0 Å². The van der Waals surface area contributed by atoms with Gasteiger partial charge in [0.05, 0.1) is 18.8 Å². The SMILES string of the molecule is COC(C)(C)C(=O)N1CCOC(c2cccc(Nc3ncccn3)n2)C1. The van der Waals surface area contributed by atoms with E-state index in [2.05, 4.69) is 20.3 Å². The Morgan fingerprint density at radius 3 is 2.81 bits per heavy atom. The lowest BCUT2D eigenvalue weighted by atomic mass is 10.1. The van der Waals surface area contributed by atoms with Crippen molar-refractivity contribution in [2.24, 2.45) is 0 Å². The monoisotopic (exact) mass is 357 g/mol. The van der Waals surface area contributed by atoms with Crippen LogP contribution < -0.4 is 5.32 Å². The van der Waals surface area contributed by atoms with E-state index in [9.17, 15) is 4.79 Å². The fourth-order valence-electron chi connectivity index (χ4n) is 2.66. The largest absolute Gasteiger partial charge is 0.369 e. The number of anilines is 2. The Hall–Kier alpha value is -2.58. The van der Waals surface area contributed by atoms with Gasteiger partial charge in [-0.05, 0) is 32.0 Å². The minimum Gasteiger partial charge on any atom is -0.369 e. The molecule has 3 rings (SSSR count). The quantitative estimate of drug-likeness (QED) is 0.874. The molecule has 1 aliphatic heterocycles. The molecular formula is C18H23N5O3. The Balaban J connectivity index is 1.72. The Bertz CT molecular complexity index is 754. The second-order valence-electron chi connectivity index (χ2n) is 6.47. The zero-order valence-corrected chi connectivity index (χ0v) is 15.2. The fraction of sp³-hybridized carbons (Fsp3) is 0.444. The van der Waals surface area contributed by atoms with Crippen molar-refractivity contribution in [2.45, 2.75) is 25.6 Å².